The molecule has 1 nitrogen and oxygen atoms in total. The molecule has 0 radical (unpaired) electrons. The van der Waals surface area contributed by atoms with Crippen molar-refractivity contribution >= 4 is 0 Å². The SMILES string of the molecule is C=C(C)C(C)NCCC. The summed E-state index contributed by atoms with van der Waals surface area (Å²) in [6.45, 7) is 11.3. The molecule has 0 aromatic carbocycles. The van der Waals surface area contributed by atoms with Crippen molar-refractivity contribution < 1.29 is 0 Å². The minimum absolute atomic E-state index is 0.477. The van der Waals surface area contributed by atoms with Crippen molar-refractivity contribution in [3.05, 3.63) is 12.2 Å². The van der Waals surface area contributed by atoms with Crippen LogP contribution in [0.4, 0.5) is 0 Å². The van der Waals surface area contributed by atoms with E-state index in [9.17, 15) is 0 Å². The zero-order valence-corrected chi connectivity index (χ0v) is 6.70. The van der Waals surface area contributed by atoms with E-state index in [1.165, 1.54) is 12.0 Å². The highest BCUT2D eigenvalue weighted by molar-refractivity contribution is 4.98. The summed E-state index contributed by atoms with van der Waals surface area (Å²) in [7, 11) is 0. The summed E-state index contributed by atoms with van der Waals surface area (Å²) in [5.41, 5.74) is 1.21. The molecule has 0 fully saturated rings. The molecule has 0 aromatic rings. The molecule has 0 aliphatic heterocycles. The molecule has 0 saturated heterocycles. The Balaban J connectivity index is 3.27. The molecule has 0 saturated carbocycles. The molecule has 1 atom stereocenters. The van der Waals surface area contributed by atoms with Crippen molar-refractivity contribution in [3.8, 4) is 0 Å². The maximum absolute atomic E-state index is 3.85. The Labute approximate surface area is 58.2 Å². The van der Waals surface area contributed by atoms with Gasteiger partial charge in [0.1, 0.15) is 0 Å². The lowest BCUT2D eigenvalue weighted by atomic mass is 10.2. The molecule has 0 spiro atoms. The molecule has 0 rings (SSSR count). The van der Waals surface area contributed by atoms with Crippen molar-refractivity contribution in [2.45, 2.75) is 33.2 Å². The highest BCUT2D eigenvalue weighted by Gasteiger charge is 1.97. The van der Waals surface area contributed by atoms with E-state index in [-0.39, 0.29) is 0 Å². The van der Waals surface area contributed by atoms with Crippen LogP contribution in [0.3, 0.4) is 0 Å². The summed E-state index contributed by atoms with van der Waals surface area (Å²) in [6, 6.07) is 0.477. The summed E-state index contributed by atoms with van der Waals surface area (Å²) < 4.78 is 0. The maximum Gasteiger partial charge on any atom is 0.0245 e. The molecule has 1 N–H and O–H groups in total. The van der Waals surface area contributed by atoms with Crippen LogP contribution in [0.25, 0.3) is 0 Å². The largest absolute Gasteiger partial charge is 0.311 e. The van der Waals surface area contributed by atoms with Crippen molar-refractivity contribution in [3.63, 3.8) is 0 Å². The lowest BCUT2D eigenvalue weighted by Crippen LogP contribution is -2.27. The Kier molecular flexibility index (Phi) is 4.41. The Bertz CT molecular complexity index is 86.6. The van der Waals surface area contributed by atoms with Crippen LogP contribution in [0.15, 0.2) is 12.2 Å². The van der Waals surface area contributed by atoms with Gasteiger partial charge in [-0.25, -0.2) is 0 Å². The second kappa shape index (κ2) is 4.57. The Hall–Kier alpha value is -0.300. The van der Waals surface area contributed by atoms with Gasteiger partial charge >= 0.3 is 0 Å². The fourth-order valence-corrected chi connectivity index (χ4v) is 0.535. The van der Waals surface area contributed by atoms with Gasteiger partial charge in [0.25, 0.3) is 0 Å². The minimum Gasteiger partial charge on any atom is -0.311 e. The van der Waals surface area contributed by atoms with E-state index in [1.54, 1.807) is 0 Å². The number of nitrogens with one attached hydrogen (secondary N) is 1. The van der Waals surface area contributed by atoms with Gasteiger partial charge in [-0.2, -0.15) is 0 Å². The first-order valence-corrected chi connectivity index (χ1v) is 3.57. The summed E-state index contributed by atoms with van der Waals surface area (Å²) in [5.74, 6) is 0. The summed E-state index contributed by atoms with van der Waals surface area (Å²) >= 11 is 0. The third-order valence-electron chi connectivity index (χ3n) is 1.44. The minimum atomic E-state index is 0.477. The molecule has 9 heavy (non-hydrogen) atoms. The maximum atomic E-state index is 3.85. The Morgan fingerprint density at radius 1 is 1.67 bits per heavy atom. The summed E-state index contributed by atoms with van der Waals surface area (Å²) in [6.07, 6.45) is 1.19. The molecule has 0 aliphatic rings. The first-order valence-electron chi connectivity index (χ1n) is 3.57. The summed E-state index contributed by atoms with van der Waals surface area (Å²) in [5, 5.41) is 3.33. The van der Waals surface area contributed by atoms with Gasteiger partial charge in [0, 0.05) is 6.04 Å². The average molecular weight is 127 g/mol. The van der Waals surface area contributed by atoms with Gasteiger partial charge in [0.15, 0.2) is 0 Å². The second-order valence-electron chi connectivity index (χ2n) is 2.52. The smallest absolute Gasteiger partial charge is 0.0245 e. The van der Waals surface area contributed by atoms with Crippen molar-refractivity contribution in [2.75, 3.05) is 6.54 Å². The molecule has 0 aromatic heterocycles. The van der Waals surface area contributed by atoms with Gasteiger partial charge in [-0.05, 0) is 26.8 Å². The fourth-order valence-electron chi connectivity index (χ4n) is 0.535. The first-order chi connectivity index (χ1) is 4.18. The Morgan fingerprint density at radius 2 is 2.22 bits per heavy atom. The average Bonchev–Trinajstić information content (AvgIpc) is 1.82. The standard InChI is InChI=1S/C8H17N/c1-5-6-9-8(4)7(2)3/h8-9H,2,5-6H2,1,3-4H3. The van der Waals surface area contributed by atoms with Crippen LogP contribution in [0.5, 0.6) is 0 Å². The fraction of sp³-hybridized carbons (Fsp3) is 0.750. The molecular formula is C8H17N. The van der Waals surface area contributed by atoms with Gasteiger partial charge in [-0.1, -0.05) is 19.1 Å². The lowest BCUT2D eigenvalue weighted by Gasteiger charge is -2.11. The molecule has 1 unspecified atom stereocenters. The first kappa shape index (κ1) is 8.70. The molecule has 0 aliphatic carbocycles. The van der Waals surface area contributed by atoms with Crippen molar-refractivity contribution in [1.82, 2.24) is 5.32 Å². The molecule has 0 amide bonds. The van der Waals surface area contributed by atoms with Crippen molar-refractivity contribution in [2.24, 2.45) is 0 Å². The van der Waals surface area contributed by atoms with E-state index < -0.39 is 0 Å². The van der Waals surface area contributed by atoms with Crippen LogP contribution in [0.2, 0.25) is 0 Å². The van der Waals surface area contributed by atoms with Crippen LogP contribution in [0.1, 0.15) is 27.2 Å². The van der Waals surface area contributed by atoms with E-state index in [4.69, 9.17) is 0 Å². The van der Waals surface area contributed by atoms with Crippen LogP contribution in [0, 0.1) is 0 Å². The highest BCUT2D eigenvalue weighted by atomic mass is 14.9. The van der Waals surface area contributed by atoms with E-state index >= 15 is 0 Å². The topological polar surface area (TPSA) is 12.0 Å². The second-order valence-corrected chi connectivity index (χ2v) is 2.52. The predicted octanol–water partition coefficient (Wildman–Crippen LogP) is 1.95. The zero-order valence-electron chi connectivity index (χ0n) is 6.70. The number of hydrogen-bond donors (Lipinski definition) is 1. The third-order valence-corrected chi connectivity index (χ3v) is 1.44. The molecule has 54 valence electrons. The molecule has 0 bridgehead atoms. The van der Waals surface area contributed by atoms with Crippen LogP contribution in [-0.2, 0) is 0 Å². The highest BCUT2D eigenvalue weighted by Crippen LogP contribution is 1.94. The van der Waals surface area contributed by atoms with E-state index in [2.05, 4.69) is 25.7 Å². The third kappa shape index (κ3) is 4.22. The summed E-state index contributed by atoms with van der Waals surface area (Å²) in [4.78, 5) is 0. The van der Waals surface area contributed by atoms with Crippen LogP contribution in [-0.4, -0.2) is 12.6 Å². The van der Waals surface area contributed by atoms with Crippen LogP contribution >= 0.6 is 0 Å². The monoisotopic (exact) mass is 127 g/mol. The van der Waals surface area contributed by atoms with E-state index in [0.29, 0.717) is 6.04 Å². The van der Waals surface area contributed by atoms with Crippen LogP contribution < -0.4 is 5.32 Å². The van der Waals surface area contributed by atoms with Gasteiger partial charge < -0.3 is 5.32 Å². The molecule has 0 heterocycles. The van der Waals surface area contributed by atoms with Gasteiger partial charge in [-0.15, -0.1) is 0 Å². The quantitative estimate of drug-likeness (QED) is 0.569. The zero-order chi connectivity index (χ0) is 7.28. The Morgan fingerprint density at radius 3 is 2.56 bits per heavy atom. The number of hydrogen-bond acceptors (Lipinski definition) is 1. The number of rotatable bonds is 4. The van der Waals surface area contributed by atoms with E-state index in [0.717, 1.165) is 6.54 Å². The molecule has 1 heteroatoms. The normalized spacial score (nSPS) is 13.2. The van der Waals surface area contributed by atoms with Crippen molar-refractivity contribution in [1.29, 1.82) is 0 Å². The van der Waals surface area contributed by atoms with Gasteiger partial charge in [0.05, 0.1) is 0 Å². The van der Waals surface area contributed by atoms with Gasteiger partial charge in [0.2, 0.25) is 0 Å². The lowest BCUT2D eigenvalue weighted by molar-refractivity contribution is 0.603. The predicted molar refractivity (Wildman–Crippen MR) is 42.6 cm³/mol. The van der Waals surface area contributed by atoms with E-state index in [1.807, 2.05) is 6.92 Å². The van der Waals surface area contributed by atoms with Gasteiger partial charge in [-0.3, -0.25) is 0 Å². The molecular weight excluding hydrogens is 110 g/mol.